The van der Waals surface area contributed by atoms with Crippen LogP contribution in [0.5, 0.6) is 0 Å². The number of nitrogens with zero attached hydrogens (tertiary/aromatic N) is 1. The Labute approximate surface area is 59.0 Å². The van der Waals surface area contributed by atoms with E-state index in [0.29, 0.717) is 5.76 Å². The molecule has 0 aliphatic carbocycles. The molecule has 1 rings (SSSR count). The number of ketones is 1. The van der Waals surface area contributed by atoms with Gasteiger partial charge in [-0.25, -0.2) is 0 Å². The van der Waals surface area contributed by atoms with Crippen molar-refractivity contribution >= 4 is 5.78 Å². The first-order valence-electron chi connectivity index (χ1n) is 3.20. The van der Waals surface area contributed by atoms with Crippen molar-refractivity contribution in [2.45, 2.75) is 20.3 Å². The topological polar surface area (TPSA) is 43.1 Å². The summed E-state index contributed by atoms with van der Waals surface area (Å²) in [5.41, 5.74) is 0.824. The summed E-state index contributed by atoms with van der Waals surface area (Å²) >= 11 is 0. The van der Waals surface area contributed by atoms with Gasteiger partial charge >= 0.3 is 0 Å². The van der Waals surface area contributed by atoms with Crippen LogP contribution in [0.3, 0.4) is 0 Å². The molecule has 1 aromatic heterocycles. The van der Waals surface area contributed by atoms with E-state index in [2.05, 4.69) is 5.16 Å². The van der Waals surface area contributed by atoms with Gasteiger partial charge in [0.2, 0.25) is 5.76 Å². The zero-order chi connectivity index (χ0) is 7.56. The van der Waals surface area contributed by atoms with Crippen molar-refractivity contribution < 1.29 is 9.32 Å². The Morgan fingerprint density at radius 3 is 2.80 bits per heavy atom. The number of hydrogen-bond donors (Lipinski definition) is 0. The highest BCUT2D eigenvalue weighted by atomic mass is 16.5. The largest absolute Gasteiger partial charge is 0.353 e. The first kappa shape index (κ1) is 6.99. The molecule has 0 saturated heterocycles. The van der Waals surface area contributed by atoms with E-state index in [-0.39, 0.29) is 5.78 Å². The molecule has 0 radical (unpaired) electrons. The lowest BCUT2D eigenvalue weighted by Gasteiger charge is -1.78. The molecule has 0 aliphatic rings. The zero-order valence-electron chi connectivity index (χ0n) is 6.05. The lowest BCUT2D eigenvalue weighted by atomic mass is 10.3. The van der Waals surface area contributed by atoms with Crippen molar-refractivity contribution in [1.29, 1.82) is 0 Å². The molecule has 1 heterocycles. The molecule has 1 aromatic rings. The highest BCUT2D eigenvalue weighted by molar-refractivity contribution is 5.91. The Balaban J connectivity index is 2.88. The smallest absolute Gasteiger partial charge is 0.202 e. The van der Waals surface area contributed by atoms with E-state index in [1.807, 2.05) is 6.92 Å². The van der Waals surface area contributed by atoms with Gasteiger partial charge < -0.3 is 4.52 Å². The van der Waals surface area contributed by atoms with Gasteiger partial charge in [0.05, 0.1) is 5.69 Å². The average molecular weight is 139 g/mol. The molecule has 0 amide bonds. The van der Waals surface area contributed by atoms with Crippen LogP contribution in [0.15, 0.2) is 10.6 Å². The average Bonchev–Trinajstić information content (AvgIpc) is 2.34. The van der Waals surface area contributed by atoms with Gasteiger partial charge in [0, 0.05) is 13.0 Å². The highest BCUT2D eigenvalue weighted by Gasteiger charge is 2.05. The number of aromatic nitrogens is 1. The van der Waals surface area contributed by atoms with E-state index >= 15 is 0 Å². The van der Waals surface area contributed by atoms with Crippen LogP contribution in [-0.4, -0.2) is 10.9 Å². The number of carbonyl (C=O) groups is 1. The minimum atomic E-state index is -0.0767. The van der Waals surface area contributed by atoms with Crippen molar-refractivity contribution in [3.63, 3.8) is 0 Å². The molecule has 0 aliphatic heterocycles. The summed E-state index contributed by atoms with van der Waals surface area (Å²) < 4.78 is 4.72. The molecular formula is C7H9NO2. The number of hydrogen-bond acceptors (Lipinski definition) is 3. The molecular weight excluding hydrogens is 130 g/mol. The summed E-state index contributed by atoms with van der Waals surface area (Å²) in [5.74, 6) is 0.268. The maximum absolute atomic E-state index is 10.6. The number of rotatable bonds is 2. The predicted octanol–water partition coefficient (Wildman–Crippen LogP) is 1.44. The number of carbonyl (C=O) groups excluding carboxylic acids is 1. The summed E-state index contributed by atoms with van der Waals surface area (Å²) in [4.78, 5) is 10.6. The van der Waals surface area contributed by atoms with Crippen molar-refractivity contribution in [1.82, 2.24) is 5.16 Å². The molecule has 0 fully saturated rings. The van der Waals surface area contributed by atoms with Crippen LogP contribution in [0.4, 0.5) is 0 Å². The van der Waals surface area contributed by atoms with Gasteiger partial charge in [0.1, 0.15) is 0 Å². The van der Waals surface area contributed by atoms with E-state index in [4.69, 9.17) is 4.52 Å². The first-order chi connectivity index (χ1) is 4.74. The molecule has 54 valence electrons. The third kappa shape index (κ3) is 1.23. The molecule has 0 saturated carbocycles. The van der Waals surface area contributed by atoms with E-state index in [1.54, 1.807) is 6.07 Å². The molecule has 0 bridgehead atoms. The van der Waals surface area contributed by atoms with Gasteiger partial charge in [-0.15, -0.1) is 0 Å². The monoisotopic (exact) mass is 139 g/mol. The van der Waals surface area contributed by atoms with Crippen molar-refractivity contribution in [3.8, 4) is 0 Å². The summed E-state index contributed by atoms with van der Waals surface area (Å²) in [6.07, 6.45) is 0.802. The Morgan fingerprint density at radius 2 is 2.50 bits per heavy atom. The molecule has 0 aromatic carbocycles. The van der Waals surface area contributed by atoms with E-state index in [1.165, 1.54) is 6.92 Å². The Bertz CT molecular complexity index is 240. The third-order valence-corrected chi connectivity index (χ3v) is 1.27. The Hall–Kier alpha value is -1.12. The van der Waals surface area contributed by atoms with E-state index < -0.39 is 0 Å². The quantitative estimate of drug-likeness (QED) is 0.582. The molecule has 3 nitrogen and oxygen atoms in total. The van der Waals surface area contributed by atoms with Gasteiger partial charge in [-0.3, -0.25) is 4.79 Å². The third-order valence-electron chi connectivity index (χ3n) is 1.27. The Morgan fingerprint density at radius 1 is 1.80 bits per heavy atom. The van der Waals surface area contributed by atoms with Gasteiger partial charge in [-0.05, 0) is 6.42 Å². The van der Waals surface area contributed by atoms with Gasteiger partial charge in [-0.1, -0.05) is 12.1 Å². The van der Waals surface area contributed by atoms with Gasteiger partial charge in [0.15, 0.2) is 5.78 Å². The van der Waals surface area contributed by atoms with Crippen LogP contribution in [0.2, 0.25) is 0 Å². The summed E-state index contributed by atoms with van der Waals surface area (Å²) in [7, 11) is 0. The minimum Gasteiger partial charge on any atom is -0.353 e. The molecule has 0 N–H and O–H groups in total. The molecule has 0 spiro atoms. The van der Waals surface area contributed by atoms with Crippen molar-refractivity contribution in [2.75, 3.05) is 0 Å². The predicted molar refractivity (Wildman–Crippen MR) is 35.9 cm³/mol. The van der Waals surface area contributed by atoms with Crippen LogP contribution < -0.4 is 0 Å². The molecule has 0 atom stereocenters. The summed E-state index contributed by atoms with van der Waals surface area (Å²) in [6.45, 7) is 3.42. The van der Waals surface area contributed by atoms with Gasteiger partial charge in [0.25, 0.3) is 0 Å². The van der Waals surface area contributed by atoms with Crippen LogP contribution in [-0.2, 0) is 6.42 Å². The minimum absolute atomic E-state index is 0.0767. The lowest BCUT2D eigenvalue weighted by molar-refractivity contribution is 0.0978. The highest BCUT2D eigenvalue weighted by Crippen LogP contribution is 2.03. The van der Waals surface area contributed by atoms with Crippen molar-refractivity contribution in [2.24, 2.45) is 0 Å². The molecule has 3 heteroatoms. The van der Waals surface area contributed by atoms with Crippen molar-refractivity contribution in [3.05, 3.63) is 17.5 Å². The normalized spacial score (nSPS) is 9.80. The van der Waals surface area contributed by atoms with E-state index in [0.717, 1.165) is 12.1 Å². The maximum Gasteiger partial charge on any atom is 0.202 e. The van der Waals surface area contributed by atoms with Gasteiger partial charge in [-0.2, -0.15) is 0 Å². The van der Waals surface area contributed by atoms with Crippen LogP contribution in [0.1, 0.15) is 30.1 Å². The van der Waals surface area contributed by atoms with Crippen LogP contribution >= 0.6 is 0 Å². The molecule has 10 heavy (non-hydrogen) atoms. The SMILES string of the molecule is CCc1cc(C(C)=O)on1. The number of Topliss-reactive ketones (excluding diaryl/α,β-unsaturated/α-hetero) is 1. The number of aryl methyl sites for hydroxylation is 1. The fraction of sp³-hybridized carbons (Fsp3) is 0.429. The second kappa shape index (κ2) is 2.64. The Kier molecular flexibility index (Phi) is 1.85. The second-order valence-corrected chi connectivity index (χ2v) is 2.09. The summed E-state index contributed by atoms with van der Waals surface area (Å²) in [6, 6.07) is 1.67. The van der Waals surface area contributed by atoms with E-state index in [9.17, 15) is 4.79 Å². The van der Waals surface area contributed by atoms with Crippen LogP contribution in [0, 0.1) is 0 Å². The lowest BCUT2D eigenvalue weighted by Crippen LogP contribution is -1.86. The van der Waals surface area contributed by atoms with Crippen LogP contribution in [0.25, 0.3) is 0 Å². The fourth-order valence-electron chi connectivity index (χ4n) is 0.644. The fourth-order valence-corrected chi connectivity index (χ4v) is 0.644. The standard InChI is InChI=1S/C7H9NO2/c1-3-6-4-7(5(2)9)10-8-6/h4H,3H2,1-2H3. The maximum atomic E-state index is 10.6. The summed E-state index contributed by atoms with van der Waals surface area (Å²) in [5, 5.41) is 3.66. The molecule has 0 unspecified atom stereocenters. The second-order valence-electron chi connectivity index (χ2n) is 2.09. The first-order valence-corrected chi connectivity index (χ1v) is 3.20. The zero-order valence-corrected chi connectivity index (χ0v) is 6.05.